The topological polar surface area (TPSA) is 74.2 Å². The number of nitriles is 1. The molecule has 1 aromatic rings. The zero-order valence-corrected chi connectivity index (χ0v) is 10.4. The number of rotatable bonds is 7. The van der Waals surface area contributed by atoms with Crippen LogP contribution in [0.3, 0.4) is 0 Å². The molecular formula is C13H17N3O2. The Hall–Kier alpha value is -2.06. The number of hydrogen-bond acceptors (Lipinski definition) is 4. The van der Waals surface area contributed by atoms with Crippen LogP contribution in [0.15, 0.2) is 24.3 Å². The van der Waals surface area contributed by atoms with Gasteiger partial charge in [-0.2, -0.15) is 5.26 Å². The first-order valence-corrected chi connectivity index (χ1v) is 5.77. The fourth-order valence-electron chi connectivity index (χ4n) is 1.43. The van der Waals surface area contributed by atoms with E-state index in [2.05, 4.69) is 10.6 Å². The molecule has 0 spiro atoms. The molecule has 5 nitrogen and oxygen atoms in total. The van der Waals surface area contributed by atoms with E-state index in [-0.39, 0.29) is 12.5 Å². The van der Waals surface area contributed by atoms with Gasteiger partial charge in [-0.3, -0.25) is 4.79 Å². The third kappa shape index (κ3) is 4.85. The quantitative estimate of drug-likeness (QED) is 0.699. The minimum Gasteiger partial charge on any atom is -0.483 e. The molecule has 0 fully saturated rings. The third-order valence-corrected chi connectivity index (χ3v) is 2.26. The summed E-state index contributed by atoms with van der Waals surface area (Å²) in [6.07, 6.45) is 0.308. The fraction of sp³-hybridized carbons (Fsp3) is 0.385. The summed E-state index contributed by atoms with van der Waals surface area (Å²) in [5.74, 6) is 0.479. The third-order valence-electron chi connectivity index (χ3n) is 2.26. The van der Waals surface area contributed by atoms with E-state index in [0.717, 1.165) is 5.56 Å². The Balaban J connectivity index is 2.43. The number of ether oxygens (including phenoxy) is 1. The molecule has 96 valence electrons. The summed E-state index contributed by atoms with van der Waals surface area (Å²) in [6.45, 7) is 1.01. The SMILES string of the molecule is CNCc1ccccc1OCC(=O)NCCC#N. The molecule has 0 aliphatic rings. The first kappa shape index (κ1) is 14.0. The van der Waals surface area contributed by atoms with Crippen molar-refractivity contribution >= 4 is 5.91 Å². The molecule has 0 bridgehead atoms. The summed E-state index contributed by atoms with van der Waals surface area (Å²) in [7, 11) is 1.85. The highest BCUT2D eigenvalue weighted by molar-refractivity contribution is 5.77. The van der Waals surface area contributed by atoms with Gasteiger partial charge in [0.2, 0.25) is 0 Å². The highest BCUT2D eigenvalue weighted by Crippen LogP contribution is 2.17. The molecule has 1 aromatic carbocycles. The van der Waals surface area contributed by atoms with Gasteiger partial charge >= 0.3 is 0 Å². The van der Waals surface area contributed by atoms with Crippen molar-refractivity contribution in [2.24, 2.45) is 0 Å². The van der Waals surface area contributed by atoms with Crippen LogP contribution in [0, 0.1) is 11.3 Å². The van der Waals surface area contributed by atoms with Gasteiger partial charge in [-0.05, 0) is 13.1 Å². The van der Waals surface area contributed by atoms with Crippen molar-refractivity contribution in [2.45, 2.75) is 13.0 Å². The van der Waals surface area contributed by atoms with E-state index in [1.165, 1.54) is 0 Å². The van der Waals surface area contributed by atoms with Crippen molar-refractivity contribution in [3.8, 4) is 11.8 Å². The maximum Gasteiger partial charge on any atom is 0.257 e. The molecular weight excluding hydrogens is 230 g/mol. The van der Waals surface area contributed by atoms with Gasteiger partial charge in [0.25, 0.3) is 5.91 Å². The smallest absolute Gasteiger partial charge is 0.257 e. The van der Waals surface area contributed by atoms with Crippen LogP contribution in [0.1, 0.15) is 12.0 Å². The van der Waals surface area contributed by atoms with Crippen LogP contribution in [-0.2, 0) is 11.3 Å². The van der Waals surface area contributed by atoms with Crippen LogP contribution in [-0.4, -0.2) is 26.1 Å². The van der Waals surface area contributed by atoms with Crippen LogP contribution >= 0.6 is 0 Å². The lowest BCUT2D eigenvalue weighted by Gasteiger charge is -2.10. The maximum absolute atomic E-state index is 11.4. The Kier molecular flexibility index (Phi) is 6.30. The van der Waals surface area contributed by atoms with Crippen molar-refractivity contribution in [3.05, 3.63) is 29.8 Å². The Bertz CT molecular complexity index is 426. The highest BCUT2D eigenvalue weighted by atomic mass is 16.5. The van der Waals surface area contributed by atoms with Gasteiger partial charge in [0.05, 0.1) is 12.5 Å². The number of carbonyl (C=O) groups excluding carboxylic acids is 1. The van der Waals surface area contributed by atoms with Gasteiger partial charge in [0.15, 0.2) is 6.61 Å². The molecule has 2 N–H and O–H groups in total. The largest absolute Gasteiger partial charge is 0.483 e. The zero-order valence-electron chi connectivity index (χ0n) is 10.4. The van der Waals surface area contributed by atoms with E-state index < -0.39 is 0 Å². The Labute approximate surface area is 107 Å². The molecule has 0 radical (unpaired) electrons. The molecule has 0 aromatic heterocycles. The number of nitrogens with one attached hydrogen (secondary N) is 2. The minimum atomic E-state index is -0.218. The van der Waals surface area contributed by atoms with Gasteiger partial charge in [-0.1, -0.05) is 18.2 Å². The van der Waals surface area contributed by atoms with Crippen molar-refractivity contribution in [1.82, 2.24) is 10.6 Å². The van der Waals surface area contributed by atoms with Gasteiger partial charge < -0.3 is 15.4 Å². The molecule has 0 unspecified atom stereocenters. The number of para-hydroxylation sites is 1. The minimum absolute atomic E-state index is 0.0356. The van der Waals surface area contributed by atoms with Crippen molar-refractivity contribution in [2.75, 3.05) is 20.2 Å². The van der Waals surface area contributed by atoms with E-state index in [1.54, 1.807) is 0 Å². The second-order valence-electron chi connectivity index (χ2n) is 3.68. The molecule has 5 heteroatoms. The molecule has 0 aliphatic heterocycles. The molecule has 1 rings (SSSR count). The number of carbonyl (C=O) groups is 1. The normalized spacial score (nSPS) is 9.56. The van der Waals surface area contributed by atoms with E-state index in [4.69, 9.17) is 10.00 Å². The Morgan fingerprint density at radius 2 is 2.22 bits per heavy atom. The van der Waals surface area contributed by atoms with Gasteiger partial charge in [-0.15, -0.1) is 0 Å². The second-order valence-corrected chi connectivity index (χ2v) is 3.68. The van der Waals surface area contributed by atoms with Gasteiger partial charge in [0, 0.05) is 18.7 Å². The molecule has 0 saturated carbocycles. The summed E-state index contributed by atoms with van der Waals surface area (Å²) < 4.78 is 5.45. The standard InChI is InChI=1S/C13H17N3O2/c1-15-9-11-5-2-3-6-12(11)18-10-13(17)16-8-4-7-14/h2-3,5-6,15H,4,8-10H2,1H3,(H,16,17). The monoisotopic (exact) mass is 247 g/mol. The highest BCUT2D eigenvalue weighted by Gasteiger charge is 2.05. The van der Waals surface area contributed by atoms with E-state index in [0.29, 0.717) is 25.3 Å². The van der Waals surface area contributed by atoms with E-state index >= 15 is 0 Å². The van der Waals surface area contributed by atoms with Gasteiger partial charge in [0.1, 0.15) is 5.75 Å². The number of nitrogens with zero attached hydrogens (tertiary/aromatic N) is 1. The number of amides is 1. The summed E-state index contributed by atoms with van der Waals surface area (Å²) >= 11 is 0. The molecule has 0 saturated heterocycles. The lowest BCUT2D eigenvalue weighted by molar-refractivity contribution is -0.123. The van der Waals surface area contributed by atoms with Gasteiger partial charge in [-0.25, -0.2) is 0 Å². The predicted molar refractivity (Wildman–Crippen MR) is 67.9 cm³/mol. The molecule has 0 aliphatic carbocycles. The Morgan fingerprint density at radius 3 is 2.94 bits per heavy atom. The number of benzene rings is 1. The zero-order chi connectivity index (χ0) is 13.2. The van der Waals surface area contributed by atoms with Crippen LogP contribution < -0.4 is 15.4 Å². The lowest BCUT2D eigenvalue weighted by atomic mass is 10.2. The van der Waals surface area contributed by atoms with Crippen LogP contribution in [0.25, 0.3) is 0 Å². The van der Waals surface area contributed by atoms with Crippen molar-refractivity contribution in [1.29, 1.82) is 5.26 Å². The lowest BCUT2D eigenvalue weighted by Crippen LogP contribution is -2.29. The molecule has 18 heavy (non-hydrogen) atoms. The second kappa shape index (κ2) is 8.09. The first-order valence-electron chi connectivity index (χ1n) is 5.77. The first-order chi connectivity index (χ1) is 8.77. The maximum atomic E-state index is 11.4. The molecule has 0 heterocycles. The number of hydrogen-bond donors (Lipinski definition) is 2. The molecule has 1 amide bonds. The average molecular weight is 247 g/mol. The summed E-state index contributed by atoms with van der Waals surface area (Å²) in [6, 6.07) is 9.52. The van der Waals surface area contributed by atoms with E-state index in [9.17, 15) is 4.79 Å². The Morgan fingerprint density at radius 1 is 1.44 bits per heavy atom. The summed E-state index contributed by atoms with van der Waals surface area (Å²) in [4.78, 5) is 11.4. The summed E-state index contributed by atoms with van der Waals surface area (Å²) in [5.41, 5.74) is 1.00. The summed E-state index contributed by atoms with van der Waals surface area (Å²) in [5, 5.41) is 14.0. The van der Waals surface area contributed by atoms with Crippen molar-refractivity contribution in [3.63, 3.8) is 0 Å². The average Bonchev–Trinajstić information content (AvgIpc) is 2.38. The predicted octanol–water partition coefficient (Wildman–Crippen LogP) is 0.815. The fourth-order valence-corrected chi connectivity index (χ4v) is 1.43. The van der Waals surface area contributed by atoms with Crippen LogP contribution in [0.4, 0.5) is 0 Å². The van der Waals surface area contributed by atoms with Crippen LogP contribution in [0.2, 0.25) is 0 Å². The van der Waals surface area contributed by atoms with Crippen LogP contribution in [0.5, 0.6) is 5.75 Å². The van der Waals surface area contributed by atoms with E-state index in [1.807, 2.05) is 37.4 Å². The molecule has 0 atom stereocenters. The van der Waals surface area contributed by atoms with Crippen molar-refractivity contribution < 1.29 is 9.53 Å².